The van der Waals surface area contributed by atoms with E-state index in [0.29, 0.717) is 18.6 Å². The van der Waals surface area contributed by atoms with Crippen molar-refractivity contribution < 1.29 is 4.79 Å². The SMILES string of the molecule is C=C=C1CCCC(=O)CCC1Nc1ccc(CCC)cc1. The second-order valence-corrected chi connectivity index (χ2v) is 5.78. The van der Waals surface area contributed by atoms with Crippen LogP contribution in [0.15, 0.2) is 42.1 Å². The van der Waals surface area contributed by atoms with Crippen molar-refractivity contribution in [2.24, 2.45) is 0 Å². The summed E-state index contributed by atoms with van der Waals surface area (Å²) in [6.45, 7) is 6.01. The molecule has 1 fully saturated rings. The fourth-order valence-electron chi connectivity index (χ4n) is 2.88. The number of carbonyl (C=O) groups is 1. The molecule has 1 aliphatic rings. The van der Waals surface area contributed by atoms with Gasteiger partial charge in [-0.2, -0.15) is 0 Å². The van der Waals surface area contributed by atoms with E-state index in [1.165, 1.54) is 17.6 Å². The fraction of sp³-hybridized carbons (Fsp3) is 0.474. The topological polar surface area (TPSA) is 29.1 Å². The highest BCUT2D eigenvalue weighted by atomic mass is 16.1. The molecule has 0 spiro atoms. The zero-order valence-corrected chi connectivity index (χ0v) is 13.0. The average molecular weight is 283 g/mol. The summed E-state index contributed by atoms with van der Waals surface area (Å²) in [5.74, 6) is 0.378. The number of Topliss-reactive ketones (excluding diaryl/α,β-unsaturated/α-hetero) is 1. The monoisotopic (exact) mass is 283 g/mol. The van der Waals surface area contributed by atoms with Crippen LogP contribution in [0.25, 0.3) is 0 Å². The van der Waals surface area contributed by atoms with E-state index < -0.39 is 0 Å². The zero-order valence-electron chi connectivity index (χ0n) is 13.0. The van der Waals surface area contributed by atoms with Crippen LogP contribution >= 0.6 is 0 Å². The molecule has 1 atom stereocenters. The second-order valence-electron chi connectivity index (χ2n) is 5.78. The minimum atomic E-state index is 0.184. The number of hydrogen-bond donors (Lipinski definition) is 1. The first-order valence-electron chi connectivity index (χ1n) is 7.99. The molecule has 1 saturated carbocycles. The molecule has 1 aromatic rings. The predicted molar refractivity (Wildman–Crippen MR) is 88.6 cm³/mol. The van der Waals surface area contributed by atoms with Gasteiger partial charge in [0.2, 0.25) is 0 Å². The van der Waals surface area contributed by atoms with Crippen molar-refractivity contribution in [3.05, 3.63) is 47.7 Å². The van der Waals surface area contributed by atoms with E-state index in [9.17, 15) is 4.79 Å². The van der Waals surface area contributed by atoms with Crippen molar-refractivity contribution in [3.63, 3.8) is 0 Å². The van der Waals surface area contributed by atoms with E-state index in [1.807, 2.05) is 0 Å². The molecule has 0 saturated heterocycles. The summed E-state index contributed by atoms with van der Waals surface area (Å²) in [7, 11) is 0. The van der Waals surface area contributed by atoms with Gasteiger partial charge >= 0.3 is 0 Å². The molecule has 0 radical (unpaired) electrons. The Hall–Kier alpha value is -1.79. The summed E-state index contributed by atoms with van der Waals surface area (Å²) < 4.78 is 0. The highest BCUT2D eigenvalue weighted by molar-refractivity contribution is 5.78. The van der Waals surface area contributed by atoms with E-state index in [-0.39, 0.29) is 6.04 Å². The summed E-state index contributed by atoms with van der Waals surface area (Å²) in [6.07, 6.45) is 6.32. The van der Waals surface area contributed by atoms with Crippen LogP contribution in [0.2, 0.25) is 0 Å². The van der Waals surface area contributed by atoms with Gasteiger partial charge in [0.1, 0.15) is 5.78 Å². The summed E-state index contributed by atoms with van der Waals surface area (Å²) in [5.41, 5.74) is 6.77. The standard InChI is InChI=1S/C19H25NO/c1-3-6-15-9-11-17(12-10-15)20-19-14-13-18(21)8-5-7-16(19)4-2/h9-12,19-20H,2-3,5-8,13-14H2,1H3. The van der Waals surface area contributed by atoms with Gasteiger partial charge in [-0.05, 0) is 49.0 Å². The first kappa shape index (κ1) is 15.6. The molecule has 112 valence electrons. The van der Waals surface area contributed by atoms with E-state index in [4.69, 9.17) is 0 Å². The Morgan fingerprint density at radius 2 is 2.00 bits per heavy atom. The third-order valence-electron chi connectivity index (χ3n) is 4.09. The van der Waals surface area contributed by atoms with E-state index in [1.54, 1.807) is 0 Å². The Kier molecular flexibility index (Phi) is 5.83. The Morgan fingerprint density at radius 3 is 2.67 bits per heavy atom. The summed E-state index contributed by atoms with van der Waals surface area (Å²) in [6, 6.07) is 8.80. The number of hydrogen-bond acceptors (Lipinski definition) is 2. The van der Waals surface area contributed by atoms with Gasteiger partial charge in [0.05, 0.1) is 6.04 Å². The minimum absolute atomic E-state index is 0.184. The van der Waals surface area contributed by atoms with Crippen LogP contribution in [0.5, 0.6) is 0 Å². The first-order chi connectivity index (χ1) is 10.2. The number of anilines is 1. The van der Waals surface area contributed by atoms with Gasteiger partial charge in [0.15, 0.2) is 0 Å². The third-order valence-corrected chi connectivity index (χ3v) is 4.09. The van der Waals surface area contributed by atoms with Gasteiger partial charge in [-0.25, -0.2) is 0 Å². The molecule has 0 aliphatic heterocycles. The molecule has 21 heavy (non-hydrogen) atoms. The van der Waals surface area contributed by atoms with Gasteiger partial charge in [-0.15, -0.1) is 5.73 Å². The largest absolute Gasteiger partial charge is 0.378 e. The smallest absolute Gasteiger partial charge is 0.133 e. The second kappa shape index (κ2) is 7.85. The van der Waals surface area contributed by atoms with Crippen LogP contribution in [0.4, 0.5) is 5.69 Å². The van der Waals surface area contributed by atoms with Gasteiger partial charge in [0, 0.05) is 18.5 Å². The number of benzene rings is 1. The van der Waals surface area contributed by atoms with Crippen molar-refractivity contribution in [2.75, 3.05) is 5.32 Å². The van der Waals surface area contributed by atoms with Gasteiger partial charge < -0.3 is 5.32 Å². The normalized spacial score (nSPS) is 19.6. The molecular weight excluding hydrogens is 258 g/mol. The lowest BCUT2D eigenvalue weighted by atomic mass is 9.91. The Bertz CT molecular complexity index is 523. The van der Waals surface area contributed by atoms with Crippen molar-refractivity contribution in [1.29, 1.82) is 0 Å². The first-order valence-corrected chi connectivity index (χ1v) is 7.99. The lowest BCUT2D eigenvalue weighted by Gasteiger charge is -2.23. The number of ketones is 1. The number of rotatable bonds is 4. The number of aryl methyl sites for hydroxylation is 1. The highest BCUT2D eigenvalue weighted by Crippen LogP contribution is 2.23. The molecule has 1 N–H and O–H groups in total. The minimum Gasteiger partial charge on any atom is -0.378 e. The van der Waals surface area contributed by atoms with Crippen LogP contribution in [-0.2, 0) is 11.2 Å². The van der Waals surface area contributed by atoms with E-state index >= 15 is 0 Å². The zero-order chi connectivity index (χ0) is 15.1. The quantitative estimate of drug-likeness (QED) is 0.814. The van der Waals surface area contributed by atoms with Crippen LogP contribution in [0.1, 0.15) is 51.0 Å². The van der Waals surface area contributed by atoms with Gasteiger partial charge in [-0.3, -0.25) is 4.79 Å². The van der Waals surface area contributed by atoms with Crippen LogP contribution < -0.4 is 5.32 Å². The molecule has 0 bridgehead atoms. The van der Waals surface area contributed by atoms with Crippen LogP contribution in [0.3, 0.4) is 0 Å². The molecule has 1 unspecified atom stereocenters. The molecule has 0 heterocycles. The molecule has 1 aromatic carbocycles. The molecule has 1 aliphatic carbocycles. The summed E-state index contributed by atoms with van der Waals surface area (Å²) in [4.78, 5) is 11.7. The molecule has 2 rings (SSSR count). The predicted octanol–water partition coefficient (Wildman–Crippen LogP) is 4.66. The summed E-state index contributed by atoms with van der Waals surface area (Å²) in [5, 5.41) is 3.55. The van der Waals surface area contributed by atoms with Crippen LogP contribution in [0, 0.1) is 0 Å². The number of nitrogens with one attached hydrogen (secondary N) is 1. The maximum atomic E-state index is 11.7. The Morgan fingerprint density at radius 1 is 1.24 bits per heavy atom. The number of carbonyl (C=O) groups excluding carboxylic acids is 1. The highest BCUT2D eigenvalue weighted by Gasteiger charge is 2.19. The summed E-state index contributed by atoms with van der Waals surface area (Å²) >= 11 is 0. The van der Waals surface area contributed by atoms with Gasteiger partial charge in [0.25, 0.3) is 0 Å². The maximum Gasteiger partial charge on any atom is 0.133 e. The average Bonchev–Trinajstić information content (AvgIpc) is 2.48. The third kappa shape index (κ3) is 4.61. The Balaban J connectivity index is 2.06. The van der Waals surface area contributed by atoms with Crippen molar-refractivity contribution >= 4 is 11.5 Å². The lowest BCUT2D eigenvalue weighted by molar-refractivity contribution is -0.119. The Labute approximate surface area is 128 Å². The molecule has 0 amide bonds. The van der Waals surface area contributed by atoms with Crippen molar-refractivity contribution in [3.8, 4) is 0 Å². The molecule has 2 heteroatoms. The molecule has 0 aromatic heterocycles. The lowest BCUT2D eigenvalue weighted by Crippen LogP contribution is -2.24. The molecule has 2 nitrogen and oxygen atoms in total. The van der Waals surface area contributed by atoms with E-state index in [0.717, 1.165) is 31.4 Å². The van der Waals surface area contributed by atoms with Gasteiger partial charge in [-0.1, -0.05) is 32.1 Å². The van der Waals surface area contributed by atoms with Crippen molar-refractivity contribution in [2.45, 2.75) is 57.9 Å². The fourth-order valence-corrected chi connectivity index (χ4v) is 2.88. The van der Waals surface area contributed by atoms with Crippen LogP contribution in [-0.4, -0.2) is 11.8 Å². The van der Waals surface area contributed by atoms with E-state index in [2.05, 4.69) is 48.8 Å². The van der Waals surface area contributed by atoms with Crippen molar-refractivity contribution in [1.82, 2.24) is 0 Å². The molecular formula is C19H25NO. The maximum absolute atomic E-state index is 11.7.